The van der Waals surface area contributed by atoms with Crippen molar-refractivity contribution in [2.45, 2.75) is 62.3 Å². The summed E-state index contributed by atoms with van der Waals surface area (Å²) in [5.41, 5.74) is 0.653. The molecule has 0 aliphatic carbocycles. The molecular weight excluding hydrogens is 588 g/mol. The second-order valence-electron chi connectivity index (χ2n) is 11.0. The van der Waals surface area contributed by atoms with Crippen molar-refractivity contribution in [1.82, 2.24) is 26.2 Å². The average molecular weight is 637 g/mol. The number of phenolic OH excluding ortho intramolecular Hbond substituents is 1. The van der Waals surface area contributed by atoms with Crippen LogP contribution in [0.5, 0.6) is 5.75 Å². The van der Waals surface area contributed by atoms with Gasteiger partial charge in [0.15, 0.2) is 0 Å². The maximum atomic E-state index is 12.4. The van der Waals surface area contributed by atoms with E-state index in [1.54, 1.807) is 19.2 Å². The maximum absolute atomic E-state index is 12.4. The molecule has 0 saturated carbocycles. The Labute approximate surface area is 263 Å². The van der Waals surface area contributed by atoms with Crippen molar-refractivity contribution in [3.05, 3.63) is 24.3 Å². The molecule has 1 aromatic carbocycles. The lowest BCUT2D eigenvalue weighted by Crippen LogP contribution is -2.38. The summed E-state index contributed by atoms with van der Waals surface area (Å²) in [5, 5.41) is 24.4. The number of thioether (sulfide) groups is 1. The van der Waals surface area contributed by atoms with Gasteiger partial charge in [-0.05, 0) is 56.5 Å². The molecule has 3 unspecified atom stereocenters. The number of carbonyl (C=O) groups excluding carboxylic acids is 4. The summed E-state index contributed by atoms with van der Waals surface area (Å²) in [5.74, 6) is 0.774. The summed E-state index contributed by atoms with van der Waals surface area (Å²) in [6, 6.07) is 6.67. The summed E-state index contributed by atoms with van der Waals surface area (Å²) in [4.78, 5) is 49.4. The Morgan fingerprint density at radius 2 is 1.66 bits per heavy atom. The first-order chi connectivity index (χ1) is 21.3. The highest BCUT2D eigenvalue weighted by Gasteiger charge is 2.42. The van der Waals surface area contributed by atoms with Gasteiger partial charge in [-0.15, -0.1) is 0 Å². The molecule has 2 aliphatic heterocycles. The largest absolute Gasteiger partial charge is 0.508 e. The third kappa shape index (κ3) is 13.7. The standard InChI is InChI=1S/C30H48N6O7S/c1-36(28(40)7-3-2-6-25-29-24(21-44-25)34-30(41)35-29)20-27(39)32-14-5-17-43-19-18-42-16-4-13-31-15-12-26(38)33-22-8-10-23(37)11-9-22/h8-11,24-25,29,31,37H,2-7,12-21H2,1H3,(H,32,39)(H,33,38)(H2,34,35,41). The predicted molar refractivity (Wildman–Crippen MR) is 170 cm³/mol. The van der Waals surface area contributed by atoms with Crippen molar-refractivity contribution in [1.29, 1.82) is 0 Å². The van der Waals surface area contributed by atoms with Crippen LogP contribution in [0.1, 0.15) is 44.9 Å². The number of nitrogens with one attached hydrogen (secondary N) is 5. The van der Waals surface area contributed by atoms with Crippen molar-refractivity contribution in [2.75, 3.05) is 70.7 Å². The van der Waals surface area contributed by atoms with Gasteiger partial charge in [0.1, 0.15) is 5.75 Å². The summed E-state index contributed by atoms with van der Waals surface area (Å²) in [6.45, 7) is 3.89. The van der Waals surface area contributed by atoms with Crippen LogP contribution in [0.25, 0.3) is 0 Å². The van der Waals surface area contributed by atoms with Gasteiger partial charge in [-0.1, -0.05) is 6.42 Å². The van der Waals surface area contributed by atoms with Crippen LogP contribution in [-0.4, -0.2) is 116 Å². The van der Waals surface area contributed by atoms with Gasteiger partial charge in [0.05, 0.1) is 31.8 Å². The lowest BCUT2D eigenvalue weighted by Gasteiger charge is -2.18. The Balaban J connectivity index is 1.05. The van der Waals surface area contributed by atoms with Crippen LogP contribution >= 0.6 is 11.8 Å². The SMILES string of the molecule is CN(CC(=O)NCCCOCCOCCCNCCC(=O)Nc1ccc(O)cc1)C(=O)CCCCC1SCC2NC(=O)NC21. The molecule has 0 aromatic heterocycles. The maximum Gasteiger partial charge on any atom is 0.315 e. The van der Waals surface area contributed by atoms with Crippen molar-refractivity contribution in [3.8, 4) is 5.75 Å². The van der Waals surface area contributed by atoms with Gasteiger partial charge in [-0.25, -0.2) is 4.79 Å². The zero-order valence-corrected chi connectivity index (χ0v) is 26.4. The first kappa shape index (κ1) is 35.4. The minimum atomic E-state index is -0.186. The number of hydrogen-bond donors (Lipinski definition) is 6. The fourth-order valence-electron chi connectivity index (χ4n) is 4.93. The molecule has 2 aliphatic rings. The molecule has 44 heavy (non-hydrogen) atoms. The zero-order valence-electron chi connectivity index (χ0n) is 25.6. The minimum absolute atomic E-state index is 0.0370. The lowest BCUT2D eigenvalue weighted by atomic mass is 10.0. The number of phenols is 1. The van der Waals surface area contributed by atoms with Gasteiger partial charge in [0.25, 0.3) is 0 Å². The molecule has 246 valence electrons. The monoisotopic (exact) mass is 636 g/mol. The van der Waals surface area contributed by atoms with E-state index in [4.69, 9.17) is 9.47 Å². The van der Waals surface area contributed by atoms with Crippen molar-refractivity contribution in [3.63, 3.8) is 0 Å². The highest BCUT2D eigenvalue weighted by atomic mass is 32.2. The number of unbranched alkanes of at least 4 members (excludes halogenated alkanes) is 1. The molecule has 2 fully saturated rings. The second kappa shape index (κ2) is 20.1. The molecule has 0 radical (unpaired) electrons. The van der Waals surface area contributed by atoms with E-state index in [0.29, 0.717) is 69.7 Å². The van der Waals surface area contributed by atoms with E-state index >= 15 is 0 Å². The van der Waals surface area contributed by atoms with Gasteiger partial charge in [-0.3, -0.25) is 14.4 Å². The summed E-state index contributed by atoms with van der Waals surface area (Å²) >= 11 is 1.87. The number of anilines is 1. The van der Waals surface area contributed by atoms with Crippen molar-refractivity contribution < 1.29 is 33.8 Å². The molecule has 0 bridgehead atoms. The van der Waals surface area contributed by atoms with E-state index in [1.165, 1.54) is 17.0 Å². The topological polar surface area (TPSA) is 170 Å². The number of ether oxygens (including phenoxy) is 2. The number of aromatic hydroxyl groups is 1. The van der Waals surface area contributed by atoms with Gasteiger partial charge in [0.2, 0.25) is 17.7 Å². The smallest absolute Gasteiger partial charge is 0.315 e. The number of likely N-dealkylation sites (N-methyl/N-ethyl adjacent to an activating group) is 1. The number of nitrogens with zero attached hydrogens (tertiary/aromatic N) is 1. The van der Waals surface area contributed by atoms with Gasteiger partial charge < -0.3 is 46.1 Å². The van der Waals surface area contributed by atoms with Gasteiger partial charge in [0, 0.05) is 62.9 Å². The predicted octanol–water partition coefficient (Wildman–Crippen LogP) is 1.42. The molecule has 2 saturated heterocycles. The van der Waals surface area contributed by atoms with Crippen molar-refractivity contribution >= 4 is 41.2 Å². The fraction of sp³-hybridized carbons (Fsp3) is 0.667. The number of benzene rings is 1. The minimum Gasteiger partial charge on any atom is -0.508 e. The van der Waals surface area contributed by atoms with Crippen LogP contribution in [0.15, 0.2) is 24.3 Å². The molecule has 5 amide bonds. The number of amides is 5. The molecule has 13 nitrogen and oxygen atoms in total. The first-order valence-electron chi connectivity index (χ1n) is 15.5. The van der Waals surface area contributed by atoms with E-state index in [2.05, 4.69) is 26.6 Å². The average Bonchev–Trinajstić information content (AvgIpc) is 3.55. The zero-order chi connectivity index (χ0) is 31.6. The Hall–Kier alpha value is -3.07. The summed E-state index contributed by atoms with van der Waals surface area (Å²) in [6.07, 6.45) is 4.90. The van der Waals surface area contributed by atoms with Crippen LogP contribution in [-0.2, 0) is 23.9 Å². The third-order valence-electron chi connectivity index (χ3n) is 7.36. The van der Waals surface area contributed by atoms with Crippen LogP contribution in [0.4, 0.5) is 10.5 Å². The number of hydrogen-bond acceptors (Lipinski definition) is 9. The Bertz CT molecular complexity index is 1050. The molecule has 6 N–H and O–H groups in total. The molecule has 3 rings (SSSR count). The Morgan fingerprint density at radius 1 is 0.932 bits per heavy atom. The van der Waals surface area contributed by atoms with Crippen LogP contribution in [0.2, 0.25) is 0 Å². The first-order valence-corrected chi connectivity index (χ1v) is 16.5. The van der Waals surface area contributed by atoms with Gasteiger partial charge in [-0.2, -0.15) is 11.8 Å². The van der Waals surface area contributed by atoms with Gasteiger partial charge >= 0.3 is 6.03 Å². The molecule has 3 atom stereocenters. The van der Waals surface area contributed by atoms with E-state index in [-0.39, 0.29) is 48.1 Å². The van der Waals surface area contributed by atoms with Crippen molar-refractivity contribution in [2.24, 2.45) is 0 Å². The molecular formula is C30H48N6O7S. The quantitative estimate of drug-likeness (QED) is 0.0626. The summed E-state index contributed by atoms with van der Waals surface area (Å²) < 4.78 is 11.1. The van der Waals surface area contributed by atoms with E-state index < -0.39 is 0 Å². The number of carbonyl (C=O) groups is 4. The highest BCUT2D eigenvalue weighted by Crippen LogP contribution is 2.33. The number of fused-ring (bicyclic) bond motifs is 1. The number of urea groups is 1. The van der Waals surface area contributed by atoms with Crippen LogP contribution in [0, 0.1) is 0 Å². The lowest BCUT2D eigenvalue weighted by molar-refractivity contribution is -0.134. The number of rotatable bonds is 22. The van der Waals surface area contributed by atoms with E-state index in [0.717, 1.165) is 38.0 Å². The Morgan fingerprint density at radius 3 is 2.41 bits per heavy atom. The Kier molecular flexibility index (Phi) is 16.1. The molecule has 0 spiro atoms. The van der Waals surface area contributed by atoms with E-state index in [1.807, 2.05) is 11.8 Å². The molecule has 14 heteroatoms. The molecule has 2 heterocycles. The third-order valence-corrected chi connectivity index (χ3v) is 8.86. The summed E-state index contributed by atoms with van der Waals surface area (Å²) in [7, 11) is 1.65. The highest BCUT2D eigenvalue weighted by molar-refractivity contribution is 8.00. The van der Waals surface area contributed by atoms with Crippen LogP contribution < -0.4 is 26.6 Å². The normalized spacial score (nSPS) is 18.8. The molecule has 1 aromatic rings. The fourth-order valence-corrected chi connectivity index (χ4v) is 6.48. The van der Waals surface area contributed by atoms with E-state index in [9.17, 15) is 24.3 Å². The van der Waals surface area contributed by atoms with Crippen LogP contribution in [0.3, 0.4) is 0 Å². The second-order valence-corrected chi connectivity index (χ2v) is 12.3.